The molecule has 850 valence electrons. The molecule has 0 spiro atoms. The summed E-state index contributed by atoms with van der Waals surface area (Å²) in [5.41, 5.74) is 28.9. The van der Waals surface area contributed by atoms with Gasteiger partial charge in [0.1, 0.15) is 6.23 Å². The van der Waals surface area contributed by atoms with Crippen LogP contribution in [-0.4, -0.2) is 258 Å². The number of aliphatic hydroxyl groups excluding tert-OH is 3. The first kappa shape index (κ1) is 143. The molecule has 0 fully saturated rings. The number of hydrogen-bond acceptors (Lipinski definition) is 20. The van der Waals surface area contributed by atoms with Crippen LogP contribution in [-0.2, 0) is 33.6 Å². The molecule has 143 heavy (non-hydrogen) atoms. The third kappa shape index (κ3) is 113. The van der Waals surface area contributed by atoms with Gasteiger partial charge in [-0.15, -0.1) is 0 Å². The van der Waals surface area contributed by atoms with E-state index in [9.17, 15) is 48.9 Å². The van der Waals surface area contributed by atoms with Crippen molar-refractivity contribution in [3.05, 3.63) is 0 Å². The fourth-order valence-electron chi connectivity index (χ4n) is 18.1. The number of nitrogens with two attached hydrogens (primary N) is 5. The van der Waals surface area contributed by atoms with Crippen LogP contribution in [0.4, 0.5) is 0 Å². The first-order chi connectivity index (χ1) is 69.8. The highest BCUT2D eigenvalue weighted by atomic mass is 16.3. The van der Waals surface area contributed by atoms with Crippen molar-refractivity contribution >= 4 is 41.4 Å². The lowest BCUT2D eigenvalue weighted by Crippen LogP contribution is -2.45. The summed E-state index contributed by atoms with van der Waals surface area (Å²) < 4.78 is 0. The summed E-state index contributed by atoms with van der Waals surface area (Å²) in [6, 6.07) is -0.557. The van der Waals surface area contributed by atoms with Crippen LogP contribution in [0, 0.1) is 0 Å². The monoisotopic (exact) mass is 2030 g/mol. The van der Waals surface area contributed by atoms with E-state index >= 15 is 0 Å². The summed E-state index contributed by atoms with van der Waals surface area (Å²) in [5.74, 6) is 0.344. The summed E-state index contributed by atoms with van der Waals surface area (Å²) in [4.78, 5) is 95.3. The Morgan fingerprint density at radius 3 is 0.671 bits per heavy atom. The maximum absolute atomic E-state index is 13.1. The second-order valence-electron chi connectivity index (χ2n) is 41.8. The zero-order chi connectivity index (χ0) is 105. The number of carbonyl (C=O) groups excluding carboxylic acids is 7. The molecule has 27 nitrogen and oxygen atoms in total. The molecule has 0 aliphatic heterocycles. The normalized spacial score (nSPS) is 12.3. The smallest absolute Gasteiger partial charge is 0.239 e. The average molecular weight is 2030 g/mol. The van der Waals surface area contributed by atoms with Crippen LogP contribution in [0.15, 0.2) is 0 Å². The van der Waals surface area contributed by atoms with E-state index in [0.717, 1.165) is 168 Å². The third-order valence-electron chi connectivity index (χ3n) is 27.6. The molecule has 7 amide bonds. The van der Waals surface area contributed by atoms with Gasteiger partial charge < -0.3 is 101 Å². The number of carbonyl (C=O) groups is 7. The molecule has 0 aromatic rings. The predicted octanol–water partition coefficient (Wildman–Crippen LogP) is 20.1. The first-order valence-electron chi connectivity index (χ1n) is 60.9. The largest absolute Gasteiger partial charge is 0.390 e. The third-order valence-corrected chi connectivity index (χ3v) is 27.6. The number of hydrogen-bond donors (Lipinski definition) is 16. The van der Waals surface area contributed by atoms with Gasteiger partial charge in [-0.3, -0.25) is 38.5 Å². The van der Waals surface area contributed by atoms with Gasteiger partial charge in [0.25, 0.3) is 0 Å². The molecule has 4 unspecified atom stereocenters. The van der Waals surface area contributed by atoms with Crippen LogP contribution in [0.25, 0.3) is 0 Å². The number of nitrogens with zero attached hydrogens (tertiary/aromatic N) is 4. The fraction of sp³-hybridized carbons (Fsp3) is 0.940. The van der Waals surface area contributed by atoms with Gasteiger partial charge in [-0.1, -0.05) is 395 Å². The van der Waals surface area contributed by atoms with Crippen LogP contribution in [0.5, 0.6) is 0 Å². The van der Waals surface area contributed by atoms with Gasteiger partial charge in [0, 0.05) is 156 Å². The van der Waals surface area contributed by atoms with Crippen molar-refractivity contribution in [1.29, 1.82) is 0 Å². The van der Waals surface area contributed by atoms with Gasteiger partial charge >= 0.3 is 0 Å². The average Bonchev–Trinajstić information content (AvgIpc) is 0.897. The molecule has 4 atom stereocenters. The van der Waals surface area contributed by atoms with Crippen LogP contribution in [0.2, 0.25) is 0 Å². The number of nitrogens with one attached hydrogen (secondary N) is 8. The van der Waals surface area contributed by atoms with Crippen molar-refractivity contribution in [3.63, 3.8) is 0 Å². The van der Waals surface area contributed by atoms with E-state index in [2.05, 4.69) is 93.9 Å². The van der Waals surface area contributed by atoms with Crippen molar-refractivity contribution in [1.82, 2.24) is 62.1 Å². The maximum atomic E-state index is 13.1. The molecule has 0 rings (SSSR count). The van der Waals surface area contributed by atoms with E-state index in [1.54, 1.807) is 4.90 Å². The Bertz CT molecular complexity index is 2670. The van der Waals surface area contributed by atoms with E-state index in [1.807, 2.05) is 4.90 Å². The highest BCUT2D eigenvalue weighted by Crippen LogP contribution is 2.19. The molecule has 0 heterocycles. The SMILES string of the molecule is CCCCCCCCCCCCNC(=O)CCN(CCCCN(CCC(=O)NCCCCCCCCCCCC)CC(O)CN)CC(N)O.CCCCCCCCCCCCNC(=O)CCNCCCCN(CCC(=O)NCCCCCCCCCCCC)C(=O)C(N)CCCCN.CCCCCCCCCCCCNC(=O)CCNCCCCN(CCC(=O)NCCCCCCCCCCCC)CC(O)CN. The number of aliphatic hydroxyl groups is 3. The zero-order valence-corrected chi connectivity index (χ0v) is 94.7. The van der Waals surface area contributed by atoms with Crippen molar-refractivity contribution in [2.24, 2.45) is 28.7 Å². The Kier molecular flexibility index (Phi) is 118. The maximum Gasteiger partial charge on any atom is 0.239 e. The molecule has 0 aromatic heterocycles. The van der Waals surface area contributed by atoms with Gasteiger partial charge in [-0.2, -0.15) is 0 Å². The van der Waals surface area contributed by atoms with Gasteiger partial charge in [-0.05, 0) is 129 Å². The summed E-state index contributed by atoms with van der Waals surface area (Å²) in [6.07, 6.45) is 85.2. The van der Waals surface area contributed by atoms with Gasteiger partial charge in [0.15, 0.2) is 0 Å². The molecular weight excluding hydrogens is 1790 g/mol. The van der Waals surface area contributed by atoms with Crippen molar-refractivity contribution in [3.8, 4) is 0 Å². The minimum absolute atomic E-state index is 0.00135. The Labute approximate surface area is 880 Å². The quantitative estimate of drug-likeness (QED) is 0.0199. The minimum Gasteiger partial charge on any atom is -0.390 e. The molecule has 0 aliphatic rings. The Hall–Kier alpha value is -4.23. The van der Waals surface area contributed by atoms with E-state index in [4.69, 9.17) is 28.7 Å². The zero-order valence-electron chi connectivity index (χ0n) is 94.7. The van der Waals surface area contributed by atoms with Crippen molar-refractivity contribution in [2.75, 3.05) is 157 Å². The second kappa shape index (κ2) is 118. The van der Waals surface area contributed by atoms with Gasteiger partial charge in [0.05, 0.1) is 18.2 Å². The lowest BCUT2D eigenvalue weighted by atomic mass is 10.1. The highest BCUT2D eigenvalue weighted by Gasteiger charge is 2.23. The van der Waals surface area contributed by atoms with Crippen molar-refractivity contribution < 1.29 is 48.9 Å². The van der Waals surface area contributed by atoms with E-state index in [1.165, 1.54) is 327 Å². The molecule has 0 saturated heterocycles. The molecular formula is C116H241N17O10. The minimum atomic E-state index is -0.954. The lowest BCUT2D eigenvalue weighted by Gasteiger charge is -2.26. The fourth-order valence-corrected chi connectivity index (χ4v) is 18.1. The molecule has 0 saturated carbocycles. The predicted molar refractivity (Wildman–Crippen MR) is 607 cm³/mol. The van der Waals surface area contributed by atoms with Gasteiger partial charge in [-0.25, -0.2) is 0 Å². The van der Waals surface area contributed by atoms with E-state index in [0.29, 0.717) is 130 Å². The Morgan fingerprint density at radius 1 is 0.224 bits per heavy atom. The lowest BCUT2D eigenvalue weighted by molar-refractivity contribution is -0.133. The molecule has 21 N–H and O–H groups in total. The molecule has 0 aliphatic carbocycles. The molecule has 0 radical (unpaired) electrons. The number of rotatable bonds is 112. The first-order valence-corrected chi connectivity index (χ1v) is 60.9. The van der Waals surface area contributed by atoms with E-state index < -0.39 is 24.5 Å². The topological polar surface area (TPSA) is 419 Å². The summed E-state index contributed by atoms with van der Waals surface area (Å²) >= 11 is 0. The van der Waals surface area contributed by atoms with Crippen molar-refractivity contribution in [2.45, 2.75) is 548 Å². The molecule has 0 aromatic carbocycles. The second-order valence-corrected chi connectivity index (χ2v) is 41.8. The molecule has 0 bridgehead atoms. The number of amides is 7. The Balaban J connectivity index is -0.00000206. The van der Waals surface area contributed by atoms with Crippen LogP contribution >= 0.6 is 0 Å². The summed E-state index contributed by atoms with van der Waals surface area (Å²) in [6.45, 7) is 28.2. The molecule has 27 heteroatoms. The number of unbranched alkanes of at least 4 members (excludes halogenated alkanes) is 58. The van der Waals surface area contributed by atoms with Crippen LogP contribution in [0.1, 0.15) is 523 Å². The standard InChI is InChI=1S/C40H82N6O3.C39H82N6O4.C37H77N5O3/c1-3-5-7-9-11-13-15-17-19-23-32-44-38(47)28-34-43-31-25-26-35-46(40(49)37(42)27-21-22-30-41)36-29-39(48)45-33-24-20-18-16-14-12-10-8-6-4-2;1-3-5-7-9-11-13-15-17-19-21-27-42-38(48)25-31-44(34-36(46)33-40)29-23-24-30-45(35-37(41)47)32-26-39(49)43-28-22-20-18-16-14-12-10-8-6-4-2;1-3-5-7-9-11-13-15-17-19-21-28-40-36(44)25-30-39-27-23-24-31-42(34-35(43)33-38)32-26-37(45)41-29-22-20-18-16-14-12-10-8-6-4-2/h37,43H,3-36,41-42H2,1-2H3,(H,44,47)(H,45,48);36-37,46-47H,3-35,40-41H2,1-2H3,(H,42,48)(H,43,49);35,39,43H,3-34,38H2,1-2H3,(H,40,44)(H,41,45). The summed E-state index contributed by atoms with van der Waals surface area (Å²) in [7, 11) is 0. The highest BCUT2D eigenvalue weighted by molar-refractivity contribution is 5.83. The van der Waals surface area contributed by atoms with Gasteiger partial charge in [0.2, 0.25) is 41.4 Å². The summed E-state index contributed by atoms with van der Waals surface area (Å²) in [5, 5.41) is 55.1. The Morgan fingerprint density at radius 2 is 0.434 bits per heavy atom. The van der Waals surface area contributed by atoms with E-state index in [-0.39, 0.29) is 54.4 Å². The van der Waals surface area contributed by atoms with Crippen LogP contribution < -0.4 is 71.2 Å². The van der Waals surface area contributed by atoms with Crippen LogP contribution in [0.3, 0.4) is 0 Å².